The highest BCUT2D eigenvalue weighted by Gasteiger charge is 2.25. The number of benzene rings is 2. The molecule has 0 aliphatic heterocycles. The maximum atomic E-state index is 6.10. The third-order valence-electron chi connectivity index (χ3n) is 6.03. The van der Waals surface area contributed by atoms with E-state index in [9.17, 15) is 0 Å². The van der Waals surface area contributed by atoms with Crippen LogP contribution >= 0.6 is 0 Å². The first kappa shape index (κ1) is 17.4. The molecule has 0 saturated heterocycles. The summed E-state index contributed by atoms with van der Waals surface area (Å²) in [4.78, 5) is 0. The summed E-state index contributed by atoms with van der Waals surface area (Å²) in [6.45, 7) is 0.770. The van der Waals surface area contributed by atoms with Crippen molar-refractivity contribution in [1.82, 2.24) is 0 Å². The van der Waals surface area contributed by atoms with Crippen molar-refractivity contribution in [3.63, 3.8) is 0 Å². The standard InChI is InChI=1S/C23H29NO2/c1-25-22-3-2-4-23(14-22)26-15-16-5-6-18-12-19(8-7-17(18)11-16)20-9-10-21(24)13-20/h2-4,7-8,12,14,16,20-21H,5-6,9-11,13,15,24H2,1H3/t16-,20-,21+/m0/s1. The lowest BCUT2D eigenvalue weighted by atomic mass is 9.82. The number of ether oxygens (including phenoxy) is 2. The molecule has 2 N–H and O–H groups in total. The number of hydrogen-bond donors (Lipinski definition) is 1. The molecule has 1 fully saturated rings. The average molecular weight is 351 g/mol. The Morgan fingerprint density at radius 3 is 2.69 bits per heavy atom. The lowest BCUT2D eigenvalue weighted by Crippen LogP contribution is -2.21. The second-order valence-corrected chi connectivity index (χ2v) is 7.90. The van der Waals surface area contributed by atoms with Crippen LogP contribution in [0.25, 0.3) is 0 Å². The van der Waals surface area contributed by atoms with E-state index in [1.165, 1.54) is 30.4 Å². The first-order chi connectivity index (χ1) is 12.7. The van der Waals surface area contributed by atoms with Gasteiger partial charge in [0, 0.05) is 12.1 Å². The van der Waals surface area contributed by atoms with Gasteiger partial charge in [0.05, 0.1) is 13.7 Å². The van der Waals surface area contributed by atoms with Crippen molar-refractivity contribution in [3.8, 4) is 11.5 Å². The summed E-state index contributed by atoms with van der Waals surface area (Å²) in [5.41, 5.74) is 10.6. The van der Waals surface area contributed by atoms with Crippen molar-refractivity contribution >= 4 is 0 Å². The Hall–Kier alpha value is -2.00. The zero-order valence-electron chi connectivity index (χ0n) is 15.6. The van der Waals surface area contributed by atoms with Gasteiger partial charge in [0.1, 0.15) is 11.5 Å². The van der Waals surface area contributed by atoms with E-state index in [0.29, 0.717) is 17.9 Å². The van der Waals surface area contributed by atoms with Crippen LogP contribution in [0.1, 0.15) is 48.3 Å². The van der Waals surface area contributed by atoms with E-state index in [1.807, 2.05) is 24.3 Å². The monoisotopic (exact) mass is 351 g/mol. The van der Waals surface area contributed by atoms with Crippen LogP contribution < -0.4 is 15.2 Å². The van der Waals surface area contributed by atoms with Gasteiger partial charge in [-0.25, -0.2) is 0 Å². The fraction of sp³-hybridized carbons (Fsp3) is 0.478. The fourth-order valence-electron chi connectivity index (χ4n) is 4.47. The van der Waals surface area contributed by atoms with E-state index in [2.05, 4.69) is 18.2 Å². The van der Waals surface area contributed by atoms with Crippen LogP contribution in [0.5, 0.6) is 11.5 Å². The van der Waals surface area contributed by atoms with E-state index in [4.69, 9.17) is 15.2 Å². The molecule has 3 heteroatoms. The van der Waals surface area contributed by atoms with E-state index in [-0.39, 0.29) is 0 Å². The highest BCUT2D eigenvalue weighted by Crippen LogP contribution is 2.36. The molecule has 0 heterocycles. The molecular formula is C23H29NO2. The zero-order valence-corrected chi connectivity index (χ0v) is 15.6. The van der Waals surface area contributed by atoms with E-state index in [0.717, 1.165) is 37.4 Å². The first-order valence-corrected chi connectivity index (χ1v) is 9.85. The van der Waals surface area contributed by atoms with Gasteiger partial charge < -0.3 is 15.2 Å². The fourth-order valence-corrected chi connectivity index (χ4v) is 4.47. The van der Waals surface area contributed by atoms with Gasteiger partial charge >= 0.3 is 0 Å². The van der Waals surface area contributed by atoms with Crippen molar-refractivity contribution in [2.24, 2.45) is 11.7 Å². The summed E-state index contributed by atoms with van der Waals surface area (Å²) < 4.78 is 11.3. The Kier molecular flexibility index (Phi) is 5.16. The van der Waals surface area contributed by atoms with Crippen LogP contribution in [-0.2, 0) is 12.8 Å². The second kappa shape index (κ2) is 7.71. The van der Waals surface area contributed by atoms with Crippen LogP contribution in [-0.4, -0.2) is 19.8 Å². The summed E-state index contributed by atoms with van der Waals surface area (Å²) >= 11 is 0. The minimum absolute atomic E-state index is 0.397. The quantitative estimate of drug-likeness (QED) is 0.864. The van der Waals surface area contributed by atoms with Gasteiger partial charge in [-0.05, 0) is 79.2 Å². The van der Waals surface area contributed by atoms with E-state index in [1.54, 1.807) is 12.7 Å². The molecule has 0 bridgehead atoms. The Balaban J connectivity index is 1.37. The van der Waals surface area contributed by atoms with Crippen LogP contribution in [0.15, 0.2) is 42.5 Å². The Labute approximate surface area is 156 Å². The molecule has 0 amide bonds. The normalized spacial score (nSPS) is 24.9. The number of fused-ring (bicyclic) bond motifs is 1. The van der Waals surface area contributed by atoms with Crippen molar-refractivity contribution in [3.05, 3.63) is 59.2 Å². The molecule has 0 radical (unpaired) electrons. The van der Waals surface area contributed by atoms with Crippen molar-refractivity contribution in [1.29, 1.82) is 0 Å². The predicted molar refractivity (Wildman–Crippen MR) is 105 cm³/mol. The molecule has 138 valence electrons. The van der Waals surface area contributed by atoms with Crippen molar-refractivity contribution in [2.75, 3.05) is 13.7 Å². The van der Waals surface area contributed by atoms with Gasteiger partial charge in [-0.1, -0.05) is 24.3 Å². The van der Waals surface area contributed by atoms with Crippen molar-refractivity contribution in [2.45, 2.75) is 50.5 Å². The van der Waals surface area contributed by atoms with Gasteiger partial charge in [-0.2, -0.15) is 0 Å². The van der Waals surface area contributed by atoms with Crippen LogP contribution in [0, 0.1) is 5.92 Å². The number of nitrogens with two attached hydrogens (primary N) is 1. The molecule has 0 aromatic heterocycles. The maximum Gasteiger partial charge on any atom is 0.122 e. The Bertz CT molecular complexity index is 758. The third-order valence-corrected chi connectivity index (χ3v) is 6.03. The molecule has 0 spiro atoms. The molecule has 2 aliphatic rings. The topological polar surface area (TPSA) is 44.5 Å². The lowest BCUT2D eigenvalue weighted by Gasteiger charge is -2.26. The Morgan fingerprint density at radius 1 is 1.00 bits per heavy atom. The molecule has 1 saturated carbocycles. The molecule has 2 aliphatic carbocycles. The second-order valence-electron chi connectivity index (χ2n) is 7.90. The van der Waals surface area contributed by atoms with E-state index >= 15 is 0 Å². The predicted octanol–water partition coefficient (Wildman–Crippen LogP) is 4.47. The molecular weight excluding hydrogens is 322 g/mol. The summed E-state index contributed by atoms with van der Waals surface area (Å²) in [6.07, 6.45) is 7.04. The first-order valence-electron chi connectivity index (χ1n) is 9.85. The minimum Gasteiger partial charge on any atom is -0.497 e. The zero-order chi connectivity index (χ0) is 17.9. The van der Waals surface area contributed by atoms with Crippen LogP contribution in [0.2, 0.25) is 0 Å². The molecule has 2 aromatic carbocycles. The number of aryl methyl sites for hydroxylation is 1. The summed E-state index contributed by atoms with van der Waals surface area (Å²) in [6, 6.07) is 15.4. The maximum absolute atomic E-state index is 6.10. The molecule has 4 rings (SSSR count). The minimum atomic E-state index is 0.397. The van der Waals surface area contributed by atoms with Gasteiger partial charge in [0.15, 0.2) is 0 Å². The largest absolute Gasteiger partial charge is 0.497 e. The molecule has 3 nitrogen and oxygen atoms in total. The van der Waals surface area contributed by atoms with Gasteiger partial charge in [-0.3, -0.25) is 0 Å². The molecule has 3 atom stereocenters. The van der Waals surface area contributed by atoms with Gasteiger partial charge in [-0.15, -0.1) is 0 Å². The number of methoxy groups -OCH3 is 1. The smallest absolute Gasteiger partial charge is 0.122 e. The summed E-state index contributed by atoms with van der Waals surface area (Å²) in [5.74, 6) is 2.99. The highest BCUT2D eigenvalue weighted by atomic mass is 16.5. The third kappa shape index (κ3) is 3.88. The summed E-state index contributed by atoms with van der Waals surface area (Å²) in [5, 5.41) is 0. The van der Waals surface area contributed by atoms with Gasteiger partial charge in [0.25, 0.3) is 0 Å². The van der Waals surface area contributed by atoms with E-state index < -0.39 is 0 Å². The number of rotatable bonds is 5. The average Bonchev–Trinajstić information content (AvgIpc) is 3.12. The van der Waals surface area contributed by atoms with Crippen molar-refractivity contribution < 1.29 is 9.47 Å². The van der Waals surface area contributed by atoms with Gasteiger partial charge in [0.2, 0.25) is 0 Å². The highest BCUT2D eigenvalue weighted by molar-refractivity contribution is 5.36. The Morgan fingerprint density at radius 2 is 1.88 bits per heavy atom. The van der Waals surface area contributed by atoms with Crippen LogP contribution in [0.3, 0.4) is 0 Å². The molecule has 26 heavy (non-hydrogen) atoms. The number of hydrogen-bond acceptors (Lipinski definition) is 3. The SMILES string of the molecule is COc1cccc(OC[C@H]2CCc3cc([C@H]4CC[C@@H](N)C4)ccc3C2)c1. The molecule has 0 unspecified atom stereocenters. The summed E-state index contributed by atoms with van der Waals surface area (Å²) in [7, 11) is 1.69. The van der Waals surface area contributed by atoms with Crippen LogP contribution in [0.4, 0.5) is 0 Å². The lowest BCUT2D eigenvalue weighted by molar-refractivity contribution is 0.233. The molecule has 2 aromatic rings.